The molecule has 1 unspecified atom stereocenters. The summed E-state index contributed by atoms with van der Waals surface area (Å²) in [4.78, 5) is 24.3. The van der Waals surface area contributed by atoms with Crippen molar-refractivity contribution in [2.75, 3.05) is 20.1 Å². The minimum Gasteiger partial charge on any atom is -0.358 e. The van der Waals surface area contributed by atoms with Crippen molar-refractivity contribution in [2.45, 2.75) is 18.9 Å². The molecular formula is C12H18N4O3. The first-order valence-electron chi connectivity index (χ1n) is 6.30. The number of likely N-dealkylation sites (N-methyl/N-ethyl adjacent to an activating group) is 1. The van der Waals surface area contributed by atoms with Crippen molar-refractivity contribution in [2.24, 2.45) is 7.05 Å². The number of carbonyl (C=O) groups excluding carboxylic acids is 1. The molecule has 1 fully saturated rings. The molecule has 1 saturated heterocycles. The van der Waals surface area contributed by atoms with Crippen LogP contribution in [0.1, 0.15) is 23.3 Å². The molecular weight excluding hydrogens is 248 g/mol. The van der Waals surface area contributed by atoms with Crippen LogP contribution in [0.25, 0.3) is 0 Å². The highest BCUT2D eigenvalue weighted by atomic mass is 16.6. The van der Waals surface area contributed by atoms with Crippen LogP contribution in [0.15, 0.2) is 12.1 Å². The molecule has 7 heteroatoms. The number of nitrogens with one attached hydrogen (secondary N) is 1. The fourth-order valence-electron chi connectivity index (χ4n) is 2.41. The molecule has 1 N–H and O–H groups in total. The van der Waals surface area contributed by atoms with E-state index in [0.717, 1.165) is 25.9 Å². The van der Waals surface area contributed by atoms with Gasteiger partial charge in [0.15, 0.2) is 5.69 Å². The molecule has 1 aliphatic heterocycles. The molecule has 19 heavy (non-hydrogen) atoms. The molecule has 0 aromatic carbocycles. The van der Waals surface area contributed by atoms with Crippen LogP contribution in [0.4, 0.5) is 5.82 Å². The molecule has 1 aliphatic rings. The van der Waals surface area contributed by atoms with E-state index >= 15 is 0 Å². The van der Waals surface area contributed by atoms with Crippen molar-refractivity contribution < 1.29 is 9.72 Å². The van der Waals surface area contributed by atoms with Gasteiger partial charge in [-0.05, 0) is 30.4 Å². The largest absolute Gasteiger partial charge is 0.358 e. The molecule has 0 bridgehead atoms. The summed E-state index contributed by atoms with van der Waals surface area (Å²) >= 11 is 0. The van der Waals surface area contributed by atoms with Gasteiger partial charge in [-0.25, -0.2) is 4.57 Å². The number of hydrogen-bond acceptors (Lipinski definition) is 4. The summed E-state index contributed by atoms with van der Waals surface area (Å²) in [7, 11) is 3.29. The molecule has 7 nitrogen and oxygen atoms in total. The summed E-state index contributed by atoms with van der Waals surface area (Å²) < 4.78 is 1.33. The predicted octanol–water partition coefficient (Wildman–Crippen LogP) is 0.757. The maximum atomic E-state index is 12.4. The van der Waals surface area contributed by atoms with Gasteiger partial charge in [0.1, 0.15) is 0 Å². The number of carbonyl (C=O) groups is 1. The Morgan fingerprint density at radius 3 is 2.84 bits per heavy atom. The molecule has 0 spiro atoms. The van der Waals surface area contributed by atoms with Crippen LogP contribution in [0.5, 0.6) is 0 Å². The van der Waals surface area contributed by atoms with E-state index in [0.29, 0.717) is 5.69 Å². The van der Waals surface area contributed by atoms with E-state index < -0.39 is 4.92 Å². The summed E-state index contributed by atoms with van der Waals surface area (Å²) in [6.45, 7) is 1.75. The van der Waals surface area contributed by atoms with Crippen molar-refractivity contribution in [3.05, 3.63) is 27.9 Å². The zero-order chi connectivity index (χ0) is 14.0. The monoisotopic (exact) mass is 266 g/mol. The number of amides is 1. The van der Waals surface area contributed by atoms with E-state index in [1.165, 1.54) is 16.7 Å². The molecule has 0 radical (unpaired) electrons. The standard InChI is InChI=1S/C12H18N4O3/c1-14(9-4-3-7-13-8-9)12(17)10-5-6-11(15(10)2)16(18)19/h5-6,9,13H,3-4,7-8H2,1-2H3. The SMILES string of the molecule is CN(C(=O)c1ccc([N+](=O)[O-])n1C)C1CCCNC1. The second kappa shape index (κ2) is 5.40. The lowest BCUT2D eigenvalue weighted by atomic mass is 10.1. The Bertz CT molecular complexity index is 491. The first kappa shape index (κ1) is 13.5. The maximum Gasteiger partial charge on any atom is 0.323 e. The molecule has 1 amide bonds. The molecule has 2 rings (SSSR count). The van der Waals surface area contributed by atoms with Gasteiger partial charge in [-0.3, -0.25) is 4.79 Å². The first-order chi connectivity index (χ1) is 9.02. The van der Waals surface area contributed by atoms with Gasteiger partial charge < -0.3 is 20.3 Å². The van der Waals surface area contributed by atoms with Crippen LogP contribution in [-0.4, -0.2) is 46.5 Å². The fraction of sp³-hybridized carbons (Fsp3) is 0.583. The summed E-state index contributed by atoms with van der Waals surface area (Å²) in [6, 6.07) is 3.02. The van der Waals surface area contributed by atoms with Crippen molar-refractivity contribution in [3.63, 3.8) is 0 Å². The molecule has 1 aromatic heterocycles. The zero-order valence-electron chi connectivity index (χ0n) is 11.1. The first-order valence-corrected chi connectivity index (χ1v) is 6.30. The van der Waals surface area contributed by atoms with Crippen molar-refractivity contribution in [1.29, 1.82) is 0 Å². The fourth-order valence-corrected chi connectivity index (χ4v) is 2.41. The smallest absolute Gasteiger partial charge is 0.323 e. The Labute approximate surface area is 111 Å². The molecule has 1 aromatic rings. The highest BCUT2D eigenvalue weighted by Gasteiger charge is 2.28. The highest BCUT2D eigenvalue weighted by Crippen LogP contribution is 2.18. The number of nitrogens with zero attached hydrogens (tertiary/aromatic N) is 3. The van der Waals surface area contributed by atoms with Gasteiger partial charge in [-0.15, -0.1) is 0 Å². The predicted molar refractivity (Wildman–Crippen MR) is 70.1 cm³/mol. The lowest BCUT2D eigenvalue weighted by molar-refractivity contribution is -0.391. The topological polar surface area (TPSA) is 80.4 Å². The van der Waals surface area contributed by atoms with Crippen LogP contribution in [0.3, 0.4) is 0 Å². The van der Waals surface area contributed by atoms with E-state index in [1.54, 1.807) is 19.0 Å². The summed E-state index contributed by atoms with van der Waals surface area (Å²) in [5, 5.41) is 14.0. The Hall–Kier alpha value is -1.89. The maximum absolute atomic E-state index is 12.4. The van der Waals surface area contributed by atoms with Crippen LogP contribution in [0, 0.1) is 10.1 Å². The van der Waals surface area contributed by atoms with E-state index in [4.69, 9.17) is 0 Å². The van der Waals surface area contributed by atoms with Crippen molar-refractivity contribution >= 4 is 11.7 Å². The number of piperidine rings is 1. The van der Waals surface area contributed by atoms with E-state index in [1.807, 2.05) is 0 Å². The minimum atomic E-state index is -0.487. The second-order valence-corrected chi connectivity index (χ2v) is 4.81. The van der Waals surface area contributed by atoms with Gasteiger partial charge in [0.05, 0.1) is 7.05 Å². The molecule has 1 atom stereocenters. The normalized spacial score (nSPS) is 19.2. The molecule has 0 saturated carbocycles. The number of nitro groups is 1. The zero-order valence-corrected chi connectivity index (χ0v) is 11.1. The second-order valence-electron chi connectivity index (χ2n) is 4.81. The van der Waals surface area contributed by atoms with Gasteiger partial charge >= 0.3 is 5.82 Å². The molecule has 2 heterocycles. The van der Waals surface area contributed by atoms with Crippen LogP contribution < -0.4 is 5.32 Å². The molecule has 104 valence electrons. The third-order valence-electron chi connectivity index (χ3n) is 3.64. The van der Waals surface area contributed by atoms with Crippen molar-refractivity contribution in [1.82, 2.24) is 14.8 Å². The Morgan fingerprint density at radius 1 is 1.58 bits per heavy atom. The summed E-state index contributed by atoms with van der Waals surface area (Å²) in [5.41, 5.74) is 0.347. The quantitative estimate of drug-likeness (QED) is 0.647. The van der Waals surface area contributed by atoms with Gasteiger partial charge in [0.2, 0.25) is 0 Å². The lowest BCUT2D eigenvalue weighted by Gasteiger charge is -2.31. The van der Waals surface area contributed by atoms with Crippen LogP contribution in [0.2, 0.25) is 0 Å². The van der Waals surface area contributed by atoms with E-state index in [9.17, 15) is 14.9 Å². The van der Waals surface area contributed by atoms with E-state index in [2.05, 4.69) is 5.32 Å². The summed E-state index contributed by atoms with van der Waals surface area (Å²) in [5.74, 6) is -0.247. The third kappa shape index (κ3) is 2.60. The van der Waals surface area contributed by atoms with Gasteiger partial charge in [-0.1, -0.05) is 0 Å². The highest BCUT2D eigenvalue weighted by molar-refractivity contribution is 5.93. The third-order valence-corrected chi connectivity index (χ3v) is 3.64. The number of aromatic nitrogens is 1. The van der Waals surface area contributed by atoms with Crippen molar-refractivity contribution in [3.8, 4) is 0 Å². The van der Waals surface area contributed by atoms with Gasteiger partial charge in [-0.2, -0.15) is 0 Å². The van der Waals surface area contributed by atoms with E-state index in [-0.39, 0.29) is 17.8 Å². The average Bonchev–Trinajstić information content (AvgIpc) is 2.80. The van der Waals surface area contributed by atoms with Gasteiger partial charge in [0.25, 0.3) is 5.91 Å². The van der Waals surface area contributed by atoms with Gasteiger partial charge in [0, 0.05) is 25.7 Å². The number of hydrogen-bond donors (Lipinski definition) is 1. The minimum absolute atomic E-state index is 0.0708. The van der Waals surface area contributed by atoms with Crippen LogP contribution in [-0.2, 0) is 7.05 Å². The lowest BCUT2D eigenvalue weighted by Crippen LogP contribution is -2.47. The Kier molecular flexibility index (Phi) is 3.84. The Balaban J connectivity index is 2.16. The number of rotatable bonds is 3. The summed E-state index contributed by atoms with van der Waals surface area (Å²) in [6.07, 6.45) is 2.00. The molecule has 0 aliphatic carbocycles. The Morgan fingerprint density at radius 2 is 2.32 bits per heavy atom. The van der Waals surface area contributed by atoms with Crippen LogP contribution >= 0.6 is 0 Å². The average molecular weight is 266 g/mol.